The van der Waals surface area contributed by atoms with Gasteiger partial charge in [-0.1, -0.05) is 32.4 Å². The SMILES string of the molecule is CCNC1[C@H]2CC=C(C)[C@@H]1C2(C)C. The molecule has 13 heavy (non-hydrogen) atoms. The third-order valence-corrected chi connectivity index (χ3v) is 4.17. The number of fused-ring (bicyclic) bond motifs is 1. The fourth-order valence-electron chi connectivity index (χ4n) is 3.53. The van der Waals surface area contributed by atoms with Crippen LogP contribution >= 0.6 is 0 Å². The fourth-order valence-corrected chi connectivity index (χ4v) is 3.53. The Labute approximate surface area is 81.6 Å². The molecule has 1 fully saturated rings. The number of nitrogens with one attached hydrogen (secondary N) is 1. The average Bonchev–Trinajstić information content (AvgIpc) is 2.03. The zero-order chi connectivity index (χ0) is 9.64. The highest BCUT2D eigenvalue weighted by Gasteiger charge is 2.57. The molecule has 1 unspecified atom stereocenters. The number of hydrogen-bond acceptors (Lipinski definition) is 1. The summed E-state index contributed by atoms with van der Waals surface area (Å²) in [7, 11) is 0. The lowest BCUT2D eigenvalue weighted by Gasteiger charge is -2.62. The summed E-state index contributed by atoms with van der Waals surface area (Å²) in [4.78, 5) is 0. The summed E-state index contributed by atoms with van der Waals surface area (Å²) >= 11 is 0. The molecule has 0 heterocycles. The first kappa shape index (κ1) is 9.26. The minimum atomic E-state index is 0.547. The largest absolute Gasteiger partial charge is 0.313 e. The highest BCUT2D eigenvalue weighted by molar-refractivity contribution is 5.27. The molecular weight excluding hydrogens is 158 g/mol. The van der Waals surface area contributed by atoms with Gasteiger partial charge in [0.2, 0.25) is 0 Å². The van der Waals surface area contributed by atoms with Crippen molar-refractivity contribution in [3.63, 3.8) is 0 Å². The summed E-state index contributed by atoms with van der Waals surface area (Å²) in [6.07, 6.45) is 3.72. The second kappa shape index (κ2) is 2.84. The third-order valence-electron chi connectivity index (χ3n) is 4.17. The van der Waals surface area contributed by atoms with E-state index in [2.05, 4.69) is 39.1 Å². The van der Waals surface area contributed by atoms with E-state index in [1.807, 2.05) is 0 Å². The Morgan fingerprint density at radius 2 is 2.23 bits per heavy atom. The third kappa shape index (κ3) is 1.10. The maximum Gasteiger partial charge on any atom is 0.0174 e. The van der Waals surface area contributed by atoms with Crippen molar-refractivity contribution in [2.75, 3.05) is 6.54 Å². The Morgan fingerprint density at radius 3 is 2.69 bits per heavy atom. The van der Waals surface area contributed by atoms with Crippen molar-refractivity contribution >= 4 is 0 Å². The van der Waals surface area contributed by atoms with Crippen LogP contribution in [-0.2, 0) is 0 Å². The highest BCUT2D eigenvalue weighted by atomic mass is 15.0. The van der Waals surface area contributed by atoms with E-state index in [0.29, 0.717) is 5.41 Å². The van der Waals surface area contributed by atoms with Crippen LogP contribution in [-0.4, -0.2) is 12.6 Å². The first-order chi connectivity index (χ1) is 6.09. The maximum atomic E-state index is 3.63. The van der Waals surface area contributed by atoms with Gasteiger partial charge in [0.05, 0.1) is 0 Å². The molecule has 0 aromatic carbocycles. The van der Waals surface area contributed by atoms with Crippen molar-refractivity contribution in [1.29, 1.82) is 0 Å². The Hall–Kier alpha value is -0.300. The quantitative estimate of drug-likeness (QED) is 0.642. The van der Waals surface area contributed by atoms with Gasteiger partial charge in [0, 0.05) is 12.0 Å². The molecule has 1 N–H and O–H groups in total. The van der Waals surface area contributed by atoms with Crippen LogP contribution in [0.1, 0.15) is 34.1 Å². The van der Waals surface area contributed by atoms with Crippen LogP contribution in [0.3, 0.4) is 0 Å². The molecule has 0 aromatic rings. The molecule has 3 atom stereocenters. The maximum absolute atomic E-state index is 3.63. The lowest BCUT2D eigenvalue weighted by molar-refractivity contribution is -0.0517. The van der Waals surface area contributed by atoms with Gasteiger partial charge in [-0.3, -0.25) is 0 Å². The summed E-state index contributed by atoms with van der Waals surface area (Å²) in [6.45, 7) is 10.5. The average molecular weight is 179 g/mol. The minimum Gasteiger partial charge on any atom is -0.313 e. The van der Waals surface area contributed by atoms with Crippen LogP contribution in [0.15, 0.2) is 11.6 Å². The molecule has 1 saturated carbocycles. The lowest BCUT2D eigenvalue weighted by atomic mass is 9.46. The molecule has 0 spiro atoms. The summed E-state index contributed by atoms with van der Waals surface area (Å²) in [5, 5.41) is 3.63. The first-order valence-corrected chi connectivity index (χ1v) is 5.49. The summed E-state index contributed by atoms with van der Waals surface area (Å²) < 4.78 is 0. The highest BCUT2D eigenvalue weighted by Crippen LogP contribution is 2.58. The molecule has 0 saturated heterocycles. The first-order valence-electron chi connectivity index (χ1n) is 5.49. The molecule has 0 aliphatic heterocycles. The van der Waals surface area contributed by atoms with E-state index in [9.17, 15) is 0 Å². The van der Waals surface area contributed by atoms with Gasteiger partial charge in [0.25, 0.3) is 0 Å². The number of rotatable bonds is 2. The normalized spacial score (nSPS) is 40.9. The van der Waals surface area contributed by atoms with Gasteiger partial charge in [-0.2, -0.15) is 0 Å². The second-order valence-corrected chi connectivity index (χ2v) is 5.17. The molecule has 0 radical (unpaired) electrons. The summed E-state index contributed by atoms with van der Waals surface area (Å²) in [6, 6.07) is 0.769. The molecular formula is C12H21N. The Bertz CT molecular complexity index is 240. The Balaban J connectivity index is 2.19. The zero-order valence-electron chi connectivity index (χ0n) is 9.22. The van der Waals surface area contributed by atoms with Gasteiger partial charge in [0.15, 0.2) is 0 Å². The van der Waals surface area contributed by atoms with Gasteiger partial charge in [-0.25, -0.2) is 0 Å². The molecule has 1 heteroatoms. The van der Waals surface area contributed by atoms with Crippen LogP contribution in [0.25, 0.3) is 0 Å². The van der Waals surface area contributed by atoms with E-state index in [0.717, 1.165) is 24.4 Å². The molecule has 74 valence electrons. The van der Waals surface area contributed by atoms with E-state index in [1.165, 1.54) is 6.42 Å². The molecule has 0 aromatic heterocycles. The molecule has 0 amide bonds. The summed E-state index contributed by atoms with van der Waals surface area (Å²) in [5.41, 5.74) is 2.16. The minimum absolute atomic E-state index is 0.547. The molecule has 2 bridgehead atoms. The van der Waals surface area contributed by atoms with Crippen molar-refractivity contribution in [2.45, 2.75) is 40.2 Å². The van der Waals surface area contributed by atoms with Gasteiger partial charge in [-0.05, 0) is 31.2 Å². The van der Waals surface area contributed by atoms with Crippen LogP contribution in [0, 0.1) is 17.3 Å². The summed E-state index contributed by atoms with van der Waals surface area (Å²) in [5.74, 6) is 1.67. The lowest BCUT2D eigenvalue weighted by Crippen LogP contribution is -2.65. The van der Waals surface area contributed by atoms with Crippen molar-refractivity contribution < 1.29 is 0 Å². The van der Waals surface area contributed by atoms with Gasteiger partial charge < -0.3 is 5.32 Å². The zero-order valence-corrected chi connectivity index (χ0v) is 9.22. The number of hydrogen-bond donors (Lipinski definition) is 1. The van der Waals surface area contributed by atoms with E-state index in [4.69, 9.17) is 0 Å². The monoisotopic (exact) mass is 179 g/mol. The van der Waals surface area contributed by atoms with Crippen LogP contribution < -0.4 is 5.32 Å². The predicted molar refractivity (Wildman–Crippen MR) is 56.6 cm³/mol. The molecule has 1 nitrogen and oxygen atoms in total. The standard InChI is InChI=1S/C12H21N/c1-5-13-11-9-7-6-8(2)10(11)12(9,3)4/h6,9-11,13H,5,7H2,1-4H3/t9-,10+,11?/m1/s1. The predicted octanol–water partition coefficient (Wildman–Crippen LogP) is 2.59. The van der Waals surface area contributed by atoms with Gasteiger partial charge in [-0.15, -0.1) is 0 Å². The van der Waals surface area contributed by atoms with Crippen LogP contribution in [0.2, 0.25) is 0 Å². The van der Waals surface area contributed by atoms with Crippen molar-refractivity contribution in [1.82, 2.24) is 5.32 Å². The number of allylic oxidation sites excluding steroid dienone is 1. The Kier molecular flexibility index (Phi) is 2.03. The molecule has 3 aliphatic rings. The van der Waals surface area contributed by atoms with Gasteiger partial charge in [0.1, 0.15) is 0 Å². The molecule has 3 rings (SSSR count). The van der Waals surface area contributed by atoms with Gasteiger partial charge >= 0.3 is 0 Å². The van der Waals surface area contributed by atoms with E-state index >= 15 is 0 Å². The smallest absolute Gasteiger partial charge is 0.0174 e. The van der Waals surface area contributed by atoms with Crippen LogP contribution in [0.4, 0.5) is 0 Å². The second-order valence-electron chi connectivity index (χ2n) is 5.17. The Morgan fingerprint density at radius 1 is 1.54 bits per heavy atom. The van der Waals surface area contributed by atoms with E-state index in [1.54, 1.807) is 5.57 Å². The van der Waals surface area contributed by atoms with Crippen molar-refractivity contribution in [3.8, 4) is 0 Å². The van der Waals surface area contributed by atoms with Crippen molar-refractivity contribution in [2.24, 2.45) is 17.3 Å². The van der Waals surface area contributed by atoms with Crippen molar-refractivity contribution in [3.05, 3.63) is 11.6 Å². The van der Waals surface area contributed by atoms with E-state index < -0.39 is 0 Å². The molecule has 3 aliphatic carbocycles. The topological polar surface area (TPSA) is 12.0 Å². The van der Waals surface area contributed by atoms with Crippen LogP contribution in [0.5, 0.6) is 0 Å². The van der Waals surface area contributed by atoms with E-state index in [-0.39, 0.29) is 0 Å². The fraction of sp³-hybridized carbons (Fsp3) is 0.833.